The standard InChI is InChI=1S/C16H18N4O2/c1-19-10-11(9-18-19)6-7-15(21)20-13-5-3-2-4-12(13)8-14(20)16(17)22/h2-5,9-10,14H,6-8H2,1H3,(H2,17,22)/t14-/m0/s1. The van der Waals surface area contributed by atoms with Crippen molar-refractivity contribution in [3.63, 3.8) is 0 Å². The van der Waals surface area contributed by atoms with E-state index in [0.29, 0.717) is 19.3 Å². The number of fused-ring (bicyclic) bond motifs is 1. The van der Waals surface area contributed by atoms with Crippen molar-refractivity contribution in [2.45, 2.75) is 25.3 Å². The van der Waals surface area contributed by atoms with Crippen molar-refractivity contribution in [2.75, 3.05) is 4.90 Å². The SMILES string of the molecule is Cn1cc(CCC(=O)N2c3ccccc3C[C@H]2C(N)=O)cn1. The third-order valence-corrected chi connectivity index (χ3v) is 3.96. The summed E-state index contributed by atoms with van der Waals surface area (Å²) in [5.74, 6) is -0.552. The van der Waals surface area contributed by atoms with Crippen molar-refractivity contribution in [1.82, 2.24) is 9.78 Å². The van der Waals surface area contributed by atoms with Crippen LogP contribution in [0.5, 0.6) is 0 Å². The Morgan fingerprint density at radius 2 is 2.14 bits per heavy atom. The van der Waals surface area contributed by atoms with Gasteiger partial charge < -0.3 is 5.73 Å². The molecular weight excluding hydrogens is 280 g/mol. The molecule has 1 aromatic carbocycles. The fourth-order valence-electron chi connectivity index (χ4n) is 2.89. The second-order valence-corrected chi connectivity index (χ2v) is 5.54. The minimum absolute atomic E-state index is 0.0856. The first kappa shape index (κ1) is 14.3. The number of amides is 2. The molecule has 0 saturated heterocycles. The van der Waals surface area contributed by atoms with E-state index in [1.165, 1.54) is 0 Å². The normalized spacial score (nSPS) is 16.6. The Morgan fingerprint density at radius 1 is 1.36 bits per heavy atom. The van der Waals surface area contributed by atoms with E-state index in [1.807, 2.05) is 37.5 Å². The van der Waals surface area contributed by atoms with Crippen LogP contribution in [0.15, 0.2) is 36.7 Å². The number of aryl methyl sites for hydroxylation is 2. The molecule has 2 aromatic rings. The summed E-state index contributed by atoms with van der Waals surface area (Å²) in [4.78, 5) is 25.8. The number of carbonyl (C=O) groups excluding carboxylic acids is 2. The second-order valence-electron chi connectivity index (χ2n) is 5.54. The molecule has 1 aliphatic rings. The largest absolute Gasteiger partial charge is 0.368 e. The van der Waals surface area contributed by atoms with Crippen LogP contribution in [-0.2, 0) is 29.5 Å². The lowest BCUT2D eigenvalue weighted by atomic mass is 10.1. The van der Waals surface area contributed by atoms with E-state index >= 15 is 0 Å². The quantitative estimate of drug-likeness (QED) is 0.906. The number of aromatic nitrogens is 2. The third-order valence-electron chi connectivity index (χ3n) is 3.96. The third kappa shape index (κ3) is 2.59. The van der Waals surface area contributed by atoms with Gasteiger partial charge in [0.05, 0.1) is 6.20 Å². The molecule has 6 heteroatoms. The maximum absolute atomic E-state index is 12.6. The number of rotatable bonds is 4. The molecule has 0 saturated carbocycles. The number of carbonyl (C=O) groups is 2. The molecule has 3 rings (SSSR count). The molecule has 0 fully saturated rings. The van der Waals surface area contributed by atoms with Gasteiger partial charge in [-0.15, -0.1) is 0 Å². The lowest BCUT2D eigenvalue weighted by Gasteiger charge is -2.23. The summed E-state index contributed by atoms with van der Waals surface area (Å²) in [6.07, 6.45) is 5.04. The van der Waals surface area contributed by atoms with E-state index in [1.54, 1.807) is 15.8 Å². The monoisotopic (exact) mass is 298 g/mol. The zero-order valence-corrected chi connectivity index (χ0v) is 12.4. The van der Waals surface area contributed by atoms with Crippen molar-refractivity contribution in [3.8, 4) is 0 Å². The van der Waals surface area contributed by atoms with Gasteiger partial charge in [-0.2, -0.15) is 5.10 Å². The van der Waals surface area contributed by atoms with Crippen LogP contribution in [0, 0.1) is 0 Å². The molecule has 2 amide bonds. The molecule has 2 heterocycles. The predicted molar refractivity (Wildman–Crippen MR) is 82.1 cm³/mol. The summed E-state index contributed by atoms with van der Waals surface area (Å²) >= 11 is 0. The molecule has 0 unspecified atom stereocenters. The van der Waals surface area contributed by atoms with Gasteiger partial charge in [-0.25, -0.2) is 0 Å². The topological polar surface area (TPSA) is 81.2 Å². The molecule has 114 valence electrons. The zero-order valence-electron chi connectivity index (χ0n) is 12.4. The highest BCUT2D eigenvalue weighted by Gasteiger charge is 2.36. The van der Waals surface area contributed by atoms with Crippen molar-refractivity contribution in [3.05, 3.63) is 47.8 Å². The highest BCUT2D eigenvalue weighted by atomic mass is 16.2. The number of para-hydroxylation sites is 1. The van der Waals surface area contributed by atoms with Crippen LogP contribution in [0.3, 0.4) is 0 Å². The maximum atomic E-state index is 12.6. The summed E-state index contributed by atoms with van der Waals surface area (Å²) in [7, 11) is 1.84. The first-order valence-corrected chi connectivity index (χ1v) is 7.23. The molecule has 1 atom stereocenters. The van der Waals surface area contributed by atoms with Crippen molar-refractivity contribution in [1.29, 1.82) is 0 Å². The Bertz CT molecular complexity index is 722. The number of hydrogen-bond donors (Lipinski definition) is 1. The first-order chi connectivity index (χ1) is 10.6. The van der Waals surface area contributed by atoms with Gasteiger partial charge in [-0.1, -0.05) is 18.2 Å². The molecule has 0 spiro atoms. The fraction of sp³-hybridized carbons (Fsp3) is 0.312. The van der Waals surface area contributed by atoms with Gasteiger partial charge in [0.25, 0.3) is 0 Å². The van der Waals surface area contributed by atoms with E-state index in [2.05, 4.69) is 5.10 Å². The van der Waals surface area contributed by atoms with E-state index in [4.69, 9.17) is 5.73 Å². The lowest BCUT2D eigenvalue weighted by molar-refractivity contribution is -0.124. The van der Waals surface area contributed by atoms with Gasteiger partial charge in [-0.05, 0) is 23.6 Å². The average molecular weight is 298 g/mol. The van der Waals surface area contributed by atoms with Gasteiger partial charge in [0, 0.05) is 31.8 Å². The highest BCUT2D eigenvalue weighted by Crippen LogP contribution is 2.32. The summed E-state index contributed by atoms with van der Waals surface area (Å²) in [6.45, 7) is 0. The van der Waals surface area contributed by atoms with Crippen LogP contribution in [-0.4, -0.2) is 27.6 Å². The summed E-state index contributed by atoms with van der Waals surface area (Å²) in [5, 5.41) is 4.09. The van der Waals surface area contributed by atoms with Crippen LogP contribution in [0.4, 0.5) is 5.69 Å². The number of nitrogens with zero attached hydrogens (tertiary/aromatic N) is 3. The zero-order chi connectivity index (χ0) is 15.7. The molecule has 22 heavy (non-hydrogen) atoms. The second kappa shape index (κ2) is 5.63. The van der Waals surface area contributed by atoms with Crippen LogP contribution >= 0.6 is 0 Å². The van der Waals surface area contributed by atoms with Crippen LogP contribution in [0.2, 0.25) is 0 Å². The van der Waals surface area contributed by atoms with Crippen molar-refractivity contribution >= 4 is 17.5 Å². The summed E-state index contributed by atoms with van der Waals surface area (Å²) in [5.41, 5.74) is 8.25. The number of primary amides is 1. The highest BCUT2D eigenvalue weighted by molar-refractivity contribution is 6.03. The van der Waals surface area contributed by atoms with E-state index in [0.717, 1.165) is 16.8 Å². The molecule has 0 radical (unpaired) electrons. The van der Waals surface area contributed by atoms with Crippen LogP contribution in [0.25, 0.3) is 0 Å². The van der Waals surface area contributed by atoms with Gasteiger partial charge in [0.15, 0.2) is 0 Å². The lowest BCUT2D eigenvalue weighted by Crippen LogP contribution is -2.46. The van der Waals surface area contributed by atoms with Gasteiger partial charge >= 0.3 is 0 Å². The first-order valence-electron chi connectivity index (χ1n) is 7.23. The fourth-order valence-corrected chi connectivity index (χ4v) is 2.89. The number of benzene rings is 1. The molecule has 6 nitrogen and oxygen atoms in total. The minimum atomic E-state index is -0.584. The Hall–Kier alpha value is -2.63. The molecule has 1 aromatic heterocycles. The number of anilines is 1. The molecule has 2 N–H and O–H groups in total. The summed E-state index contributed by atoms with van der Waals surface area (Å²) < 4.78 is 1.71. The van der Waals surface area contributed by atoms with Gasteiger partial charge in [0.1, 0.15) is 6.04 Å². The molecule has 0 aliphatic carbocycles. The maximum Gasteiger partial charge on any atom is 0.240 e. The smallest absolute Gasteiger partial charge is 0.240 e. The van der Waals surface area contributed by atoms with Crippen LogP contribution < -0.4 is 10.6 Å². The van der Waals surface area contributed by atoms with E-state index in [-0.39, 0.29) is 5.91 Å². The number of hydrogen-bond acceptors (Lipinski definition) is 3. The van der Waals surface area contributed by atoms with Crippen LogP contribution in [0.1, 0.15) is 17.5 Å². The van der Waals surface area contributed by atoms with Gasteiger partial charge in [-0.3, -0.25) is 19.2 Å². The van der Waals surface area contributed by atoms with Crippen molar-refractivity contribution in [2.24, 2.45) is 12.8 Å². The van der Waals surface area contributed by atoms with Crippen molar-refractivity contribution < 1.29 is 9.59 Å². The van der Waals surface area contributed by atoms with E-state index in [9.17, 15) is 9.59 Å². The minimum Gasteiger partial charge on any atom is -0.368 e. The number of nitrogens with two attached hydrogens (primary N) is 1. The average Bonchev–Trinajstić information content (AvgIpc) is 3.08. The summed E-state index contributed by atoms with van der Waals surface area (Å²) in [6, 6.07) is 6.98. The Balaban J connectivity index is 1.78. The molecule has 0 bridgehead atoms. The van der Waals surface area contributed by atoms with Gasteiger partial charge in [0.2, 0.25) is 11.8 Å². The Morgan fingerprint density at radius 3 is 2.82 bits per heavy atom. The Kier molecular flexibility index (Phi) is 3.66. The molecule has 1 aliphatic heterocycles. The predicted octanol–water partition coefficient (Wildman–Crippen LogP) is 0.796. The molecular formula is C16H18N4O2. The van der Waals surface area contributed by atoms with E-state index < -0.39 is 11.9 Å². The Labute approximate surface area is 128 Å².